The van der Waals surface area contributed by atoms with Gasteiger partial charge in [0.05, 0.1) is 0 Å². The molecule has 2 aromatic rings. The first-order valence-electron chi connectivity index (χ1n) is 7.31. The second-order valence-corrected chi connectivity index (χ2v) is 6.03. The lowest BCUT2D eigenvalue weighted by Gasteiger charge is -2.21. The lowest BCUT2D eigenvalue weighted by atomic mass is 9.84. The first-order valence-corrected chi connectivity index (χ1v) is 7.31. The highest BCUT2D eigenvalue weighted by Crippen LogP contribution is 2.30. The van der Waals surface area contributed by atoms with Crippen LogP contribution in [0.1, 0.15) is 48.8 Å². The van der Waals surface area contributed by atoms with Crippen LogP contribution in [0.5, 0.6) is 0 Å². The van der Waals surface area contributed by atoms with Crippen molar-refractivity contribution in [2.45, 2.75) is 52.4 Å². The minimum Gasteiger partial charge on any atom is -0.361 e. The third-order valence-corrected chi connectivity index (χ3v) is 4.45. The van der Waals surface area contributed by atoms with Crippen molar-refractivity contribution in [2.24, 2.45) is 5.92 Å². The fraction of sp³-hybridized carbons (Fsp3) is 0.529. The molecule has 1 aromatic heterocycles. The minimum absolute atomic E-state index is 0.915. The average molecular weight is 241 g/mol. The molecule has 96 valence electrons. The van der Waals surface area contributed by atoms with E-state index in [2.05, 4.69) is 37.2 Å². The van der Waals surface area contributed by atoms with E-state index in [0.29, 0.717) is 0 Å². The van der Waals surface area contributed by atoms with E-state index >= 15 is 0 Å². The van der Waals surface area contributed by atoms with Crippen LogP contribution < -0.4 is 0 Å². The fourth-order valence-electron chi connectivity index (χ4n) is 3.52. The molecule has 1 aliphatic carbocycles. The average Bonchev–Trinajstić information content (AvgIpc) is 2.74. The second-order valence-electron chi connectivity index (χ2n) is 6.03. The van der Waals surface area contributed by atoms with E-state index in [9.17, 15) is 0 Å². The molecule has 1 nitrogen and oxygen atoms in total. The number of hydrogen-bond acceptors (Lipinski definition) is 0. The fourth-order valence-corrected chi connectivity index (χ4v) is 3.52. The van der Waals surface area contributed by atoms with Crippen LogP contribution in [-0.4, -0.2) is 4.98 Å². The zero-order valence-electron chi connectivity index (χ0n) is 11.6. The van der Waals surface area contributed by atoms with Crippen LogP contribution in [0.15, 0.2) is 18.3 Å². The van der Waals surface area contributed by atoms with E-state index in [-0.39, 0.29) is 0 Å². The van der Waals surface area contributed by atoms with Crippen molar-refractivity contribution in [1.29, 1.82) is 0 Å². The maximum atomic E-state index is 3.47. The van der Waals surface area contributed by atoms with Gasteiger partial charge in [0, 0.05) is 17.1 Å². The Morgan fingerprint density at radius 3 is 2.67 bits per heavy atom. The number of benzene rings is 1. The van der Waals surface area contributed by atoms with Gasteiger partial charge in [-0.1, -0.05) is 43.7 Å². The van der Waals surface area contributed by atoms with Crippen molar-refractivity contribution in [3.63, 3.8) is 0 Å². The molecule has 3 rings (SSSR count). The molecule has 1 fully saturated rings. The summed E-state index contributed by atoms with van der Waals surface area (Å²) in [5, 5.41) is 1.46. The zero-order chi connectivity index (χ0) is 12.5. The summed E-state index contributed by atoms with van der Waals surface area (Å²) >= 11 is 0. The summed E-state index contributed by atoms with van der Waals surface area (Å²) in [4.78, 5) is 3.47. The molecule has 0 radical (unpaired) electrons. The number of hydrogen-bond donors (Lipinski definition) is 1. The molecule has 0 aliphatic heterocycles. The lowest BCUT2D eigenvalue weighted by molar-refractivity contribution is 0.357. The van der Waals surface area contributed by atoms with Crippen LogP contribution in [0.3, 0.4) is 0 Å². The van der Waals surface area contributed by atoms with E-state index < -0.39 is 0 Å². The highest BCUT2D eigenvalue weighted by atomic mass is 14.7. The summed E-state index contributed by atoms with van der Waals surface area (Å²) in [6, 6.07) is 4.61. The molecule has 1 aromatic carbocycles. The maximum Gasteiger partial charge on any atom is 0.0486 e. The molecule has 0 amide bonds. The quantitative estimate of drug-likeness (QED) is 0.769. The molecular formula is C17H23N. The Morgan fingerprint density at radius 2 is 1.89 bits per heavy atom. The molecule has 18 heavy (non-hydrogen) atoms. The largest absolute Gasteiger partial charge is 0.361 e. The third kappa shape index (κ3) is 2.19. The van der Waals surface area contributed by atoms with Gasteiger partial charge in [-0.05, 0) is 43.4 Å². The molecule has 0 spiro atoms. The van der Waals surface area contributed by atoms with E-state index in [1.807, 2.05) is 0 Å². The molecular weight excluding hydrogens is 218 g/mol. The summed E-state index contributed by atoms with van der Waals surface area (Å²) < 4.78 is 0. The number of rotatable bonds is 2. The van der Waals surface area contributed by atoms with E-state index in [1.165, 1.54) is 66.1 Å². The number of fused-ring (bicyclic) bond motifs is 1. The first kappa shape index (κ1) is 11.8. The lowest BCUT2D eigenvalue weighted by Crippen LogP contribution is -2.08. The monoisotopic (exact) mass is 241 g/mol. The maximum absolute atomic E-state index is 3.47. The Hall–Kier alpha value is -1.24. The predicted octanol–water partition coefficient (Wildman–Crippen LogP) is 4.91. The van der Waals surface area contributed by atoms with Gasteiger partial charge in [-0.3, -0.25) is 0 Å². The molecule has 1 N–H and O–H groups in total. The molecule has 1 aliphatic rings. The van der Waals surface area contributed by atoms with Crippen LogP contribution in [-0.2, 0) is 6.42 Å². The summed E-state index contributed by atoms with van der Waals surface area (Å²) in [7, 11) is 0. The second kappa shape index (κ2) is 4.79. The van der Waals surface area contributed by atoms with Gasteiger partial charge in [0.1, 0.15) is 0 Å². The third-order valence-electron chi connectivity index (χ3n) is 4.45. The van der Waals surface area contributed by atoms with Crippen molar-refractivity contribution in [3.8, 4) is 0 Å². The number of aromatic nitrogens is 1. The van der Waals surface area contributed by atoms with Crippen molar-refractivity contribution >= 4 is 10.9 Å². The molecule has 0 unspecified atom stereocenters. The Labute approximate surface area is 110 Å². The van der Waals surface area contributed by atoms with Crippen LogP contribution in [0.4, 0.5) is 0 Å². The standard InChI is InChI=1S/C17H23N/c1-12-8-13(2)17-16(9-12)15(11-18-17)10-14-6-4-3-5-7-14/h8-9,11,14,18H,3-7,10H2,1-2H3. The van der Waals surface area contributed by atoms with Gasteiger partial charge in [-0.25, -0.2) is 0 Å². The van der Waals surface area contributed by atoms with Crippen LogP contribution >= 0.6 is 0 Å². The highest BCUT2D eigenvalue weighted by molar-refractivity contribution is 5.86. The Morgan fingerprint density at radius 1 is 1.11 bits per heavy atom. The van der Waals surface area contributed by atoms with Crippen LogP contribution in [0.25, 0.3) is 10.9 Å². The van der Waals surface area contributed by atoms with Gasteiger partial charge in [0.15, 0.2) is 0 Å². The van der Waals surface area contributed by atoms with Gasteiger partial charge >= 0.3 is 0 Å². The van der Waals surface area contributed by atoms with Crippen molar-refractivity contribution in [3.05, 3.63) is 35.0 Å². The van der Waals surface area contributed by atoms with Crippen molar-refractivity contribution in [1.82, 2.24) is 4.98 Å². The summed E-state index contributed by atoms with van der Waals surface area (Å²) in [5.41, 5.74) is 5.62. The Kier molecular flexibility index (Phi) is 3.15. The number of H-pyrrole nitrogens is 1. The molecule has 0 bridgehead atoms. The van der Waals surface area contributed by atoms with Gasteiger partial charge in [0.2, 0.25) is 0 Å². The van der Waals surface area contributed by atoms with Gasteiger partial charge < -0.3 is 4.98 Å². The van der Waals surface area contributed by atoms with Crippen LogP contribution in [0, 0.1) is 19.8 Å². The summed E-state index contributed by atoms with van der Waals surface area (Å²) in [5.74, 6) is 0.915. The van der Waals surface area contributed by atoms with Crippen LogP contribution in [0.2, 0.25) is 0 Å². The smallest absolute Gasteiger partial charge is 0.0486 e. The van der Waals surface area contributed by atoms with E-state index in [4.69, 9.17) is 0 Å². The van der Waals surface area contributed by atoms with Crippen molar-refractivity contribution in [2.75, 3.05) is 0 Å². The molecule has 1 heteroatoms. The molecule has 1 heterocycles. The minimum atomic E-state index is 0.915. The van der Waals surface area contributed by atoms with Gasteiger partial charge in [-0.15, -0.1) is 0 Å². The summed E-state index contributed by atoms with van der Waals surface area (Å²) in [6.07, 6.45) is 10.7. The zero-order valence-corrected chi connectivity index (χ0v) is 11.6. The van der Waals surface area contributed by atoms with E-state index in [1.54, 1.807) is 0 Å². The Balaban J connectivity index is 1.92. The molecule has 1 saturated carbocycles. The normalized spacial score (nSPS) is 17.4. The molecule has 0 atom stereocenters. The predicted molar refractivity (Wildman–Crippen MR) is 78.1 cm³/mol. The van der Waals surface area contributed by atoms with Gasteiger partial charge in [0.25, 0.3) is 0 Å². The van der Waals surface area contributed by atoms with Gasteiger partial charge in [-0.2, -0.15) is 0 Å². The van der Waals surface area contributed by atoms with Crippen molar-refractivity contribution < 1.29 is 0 Å². The number of nitrogens with one attached hydrogen (secondary N) is 1. The Bertz CT molecular complexity index is 544. The first-order chi connectivity index (χ1) is 8.74. The topological polar surface area (TPSA) is 15.8 Å². The molecule has 0 saturated heterocycles. The number of aryl methyl sites for hydroxylation is 2. The summed E-state index contributed by atoms with van der Waals surface area (Å²) in [6.45, 7) is 4.40. The van der Waals surface area contributed by atoms with E-state index in [0.717, 1.165) is 5.92 Å². The SMILES string of the molecule is Cc1cc(C)c2[nH]cc(CC3CCCCC3)c2c1. The number of aromatic amines is 1. The highest BCUT2D eigenvalue weighted by Gasteiger charge is 2.16.